The fourth-order valence-electron chi connectivity index (χ4n) is 2.59. The van der Waals surface area contributed by atoms with Crippen LogP contribution < -0.4 is 4.74 Å². The predicted octanol–water partition coefficient (Wildman–Crippen LogP) is 2.91. The van der Waals surface area contributed by atoms with Crippen LogP contribution in [-0.2, 0) is 6.54 Å². The summed E-state index contributed by atoms with van der Waals surface area (Å²) >= 11 is 6.21. The monoisotopic (exact) mass is 268 g/mol. The average molecular weight is 269 g/mol. The molecule has 3 nitrogen and oxygen atoms in total. The quantitative estimate of drug-likeness (QED) is 0.789. The van der Waals surface area contributed by atoms with Gasteiger partial charge in [-0.2, -0.15) is 0 Å². The van der Waals surface area contributed by atoms with Gasteiger partial charge < -0.3 is 4.74 Å². The van der Waals surface area contributed by atoms with Crippen LogP contribution in [-0.4, -0.2) is 35.5 Å². The minimum absolute atomic E-state index is 0.284. The number of halogens is 1. The van der Waals surface area contributed by atoms with Gasteiger partial charge in [0.2, 0.25) is 0 Å². The molecule has 1 aliphatic rings. The molecule has 0 bridgehead atoms. The molecule has 2 heterocycles. The van der Waals surface area contributed by atoms with E-state index in [1.54, 1.807) is 7.11 Å². The van der Waals surface area contributed by atoms with Crippen LogP contribution in [0.5, 0.6) is 5.75 Å². The van der Waals surface area contributed by atoms with E-state index in [0.717, 1.165) is 48.6 Å². The largest absolute Gasteiger partial charge is 0.496 e. The van der Waals surface area contributed by atoms with Gasteiger partial charge in [0.15, 0.2) is 0 Å². The van der Waals surface area contributed by atoms with Crippen molar-refractivity contribution in [2.45, 2.75) is 38.6 Å². The van der Waals surface area contributed by atoms with Crippen molar-refractivity contribution in [1.29, 1.82) is 0 Å². The van der Waals surface area contributed by atoms with Crippen molar-refractivity contribution in [1.82, 2.24) is 9.88 Å². The van der Waals surface area contributed by atoms with Crippen molar-refractivity contribution in [3.8, 4) is 5.75 Å². The Morgan fingerprint density at radius 1 is 1.50 bits per heavy atom. The molecule has 0 N–H and O–H groups in total. The number of rotatable bonds is 3. The topological polar surface area (TPSA) is 25.4 Å². The zero-order valence-corrected chi connectivity index (χ0v) is 12.1. The van der Waals surface area contributed by atoms with Crippen LogP contribution >= 0.6 is 11.6 Å². The van der Waals surface area contributed by atoms with E-state index >= 15 is 0 Å². The minimum atomic E-state index is 0.284. The van der Waals surface area contributed by atoms with Gasteiger partial charge in [0, 0.05) is 35.8 Å². The van der Waals surface area contributed by atoms with Crippen LogP contribution in [0.2, 0.25) is 0 Å². The van der Waals surface area contributed by atoms with E-state index in [9.17, 15) is 0 Å². The van der Waals surface area contributed by atoms with Crippen LogP contribution in [0.15, 0.2) is 6.20 Å². The number of nitrogens with zero attached hydrogens (tertiary/aromatic N) is 2. The Morgan fingerprint density at radius 3 is 2.94 bits per heavy atom. The van der Waals surface area contributed by atoms with Crippen molar-refractivity contribution in [2.75, 3.05) is 20.2 Å². The van der Waals surface area contributed by atoms with E-state index in [1.807, 2.05) is 13.1 Å². The molecule has 100 valence electrons. The number of methoxy groups -OCH3 is 1. The lowest BCUT2D eigenvalue weighted by Gasteiger charge is -2.29. The average Bonchev–Trinajstić information content (AvgIpc) is 2.34. The molecule has 1 aromatic heterocycles. The molecule has 1 saturated heterocycles. The zero-order chi connectivity index (χ0) is 13.1. The molecule has 1 atom stereocenters. The highest BCUT2D eigenvalue weighted by Crippen LogP contribution is 2.25. The SMILES string of the molecule is COc1c(C)cnc(CN2CCCC(Cl)C2)c1C. The lowest BCUT2D eigenvalue weighted by Crippen LogP contribution is -2.35. The van der Waals surface area contributed by atoms with Crippen LogP contribution in [0.25, 0.3) is 0 Å². The minimum Gasteiger partial charge on any atom is -0.496 e. The maximum atomic E-state index is 6.21. The number of aryl methyl sites for hydroxylation is 1. The maximum absolute atomic E-state index is 6.21. The number of aromatic nitrogens is 1. The van der Waals surface area contributed by atoms with E-state index in [4.69, 9.17) is 16.3 Å². The van der Waals surface area contributed by atoms with Crippen LogP contribution in [0.1, 0.15) is 29.7 Å². The summed E-state index contributed by atoms with van der Waals surface area (Å²) in [6.07, 6.45) is 4.20. The summed E-state index contributed by atoms with van der Waals surface area (Å²) in [5, 5.41) is 0.284. The molecule has 0 saturated carbocycles. The van der Waals surface area contributed by atoms with Gasteiger partial charge >= 0.3 is 0 Å². The summed E-state index contributed by atoms with van der Waals surface area (Å²) in [4.78, 5) is 6.92. The van der Waals surface area contributed by atoms with Gasteiger partial charge in [-0.25, -0.2) is 0 Å². The van der Waals surface area contributed by atoms with Crippen LogP contribution in [0.3, 0.4) is 0 Å². The molecule has 0 spiro atoms. The van der Waals surface area contributed by atoms with Crippen molar-refractivity contribution in [3.63, 3.8) is 0 Å². The second-order valence-corrected chi connectivity index (χ2v) is 5.64. The van der Waals surface area contributed by atoms with E-state index in [2.05, 4.69) is 16.8 Å². The van der Waals surface area contributed by atoms with Gasteiger partial charge in [0.25, 0.3) is 0 Å². The van der Waals surface area contributed by atoms with Crippen molar-refractivity contribution in [3.05, 3.63) is 23.0 Å². The van der Waals surface area contributed by atoms with Gasteiger partial charge in [-0.3, -0.25) is 9.88 Å². The number of pyridine rings is 1. The molecule has 4 heteroatoms. The maximum Gasteiger partial charge on any atom is 0.128 e. The van der Waals surface area contributed by atoms with Crippen molar-refractivity contribution < 1.29 is 4.74 Å². The number of alkyl halides is 1. The molecule has 2 rings (SSSR count). The first-order valence-corrected chi connectivity index (χ1v) is 6.91. The van der Waals surface area contributed by atoms with Crippen LogP contribution in [0, 0.1) is 13.8 Å². The Bertz CT molecular complexity index is 423. The van der Waals surface area contributed by atoms with Gasteiger partial charge in [-0.05, 0) is 33.2 Å². The standard InChI is InChI=1S/C14H21ClN2O/c1-10-7-16-13(11(2)14(10)18-3)9-17-6-4-5-12(15)8-17/h7,12H,4-6,8-9H2,1-3H3. The molecular formula is C14H21ClN2O. The summed E-state index contributed by atoms with van der Waals surface area (Å²) in [6, 6.07) is 0. The molecule has 1 aliphatic heterocycles. The molecule has 0 radical (unpaired) electrons. The van der Waals surface area contributed by atoms with E-state index < -0.39 is 0 Å². The number of piperidine rings is 1. The molecular weight excluding hydrogens is 248 g/mol. The first-order valence-electron chi connectivity index (χ1n) is 6.47. The smallest absolute Gasteiger partial charge is 0.128 e. The highest BCUT2D eigenvalue weighted by Gasteiger charge is 2.19. The fraction of sp³-hybridized carbons (Fsp3) is 0.643. The number of hydrogen-bond donors (Lipinski definition) is 0. The molecule has 0 amide bonds. The van der Waals surface area contributed by atoms with Gasteiger partial charge in [-0.1, -0.05) is 0 Å². The fourth-order valence-corrected chi connectivity index (χ4v) is 2.93. The number of hydrogen-bond acceptors (Lipinski definition) is 3. The van der Waals surface area contributed by atoms with Crippen molar-refractivity contribution in [2.24, 2.45) is 0 Å². The lowest BCUT2D eigenvalue weighted by molar-refractivity contribution is 0.221. The Kier molecular flexibility index (Phi) is 4.46. The van der Waals surface area contributed by atoms with Crippen molar-refractivity contribution >= 4 is 11.6 Å². The third-order valence-electron chi connectivity index (χ3n) is 3.57. The summed E-state index contributed by atoms with van der Waals surface area (Å²) < 4.78 is 5.44. The second kappa shape index (κ2) is 5.89. The third kappa shape index (κ3) is 2.96. The van der Waals surface area contributed by atoms with Crippen LogP contribution in [0.4, 0.5) is 0 Å². The highest BCUT2D eigenvalue weighted by molar-refractivity contribution is 6.20. The normalized spacial score (nSPS) is 21.0. The molecule has 0 aromatic carbocycles. The number of ether oxygens (including phenoxy) is 1. The first kappa shape index (κ1) is 13.6. The van der Waals surface area contributed by atoms with E-state index in [1.165, 1.54) is 6.42 Å². The van der Waals surface area contributed by atoms with E-state index in [-0.39, 0.29) is 5.38 Å². The molecule has 1 aromatic rings. The second-order valence-electron chi connectivity index (χ2n) is 5.02. The molecule has 0 aliphatic carbocycles. The summed E-state index contributed by atoms with van der Waals surface area (Å²) in [6.45, 7) is 7.04. The third-order valence-corrected chi connectivity index (χ3v) is 3.93. The molecule has 18 heavy (non-hydrogen) atoms. The van der Waals surface area contributed by atoms with Gasteiger partial charge in [0.05, 0.1) is 12.8 Å². The summed E-state index contributed by atoms with van der Waals surface area (Å²) in [5.41, 5.74) is 3.34. The Balaban J connectivity index is 2.14. The van der Waals surface area contributed by atoms with E-state index in [0.29, 0.717) is 0 Å². The first-order chi connectivity index (χ1) is 8.61. The lowest BCUT2D eigenvalue weighted by atomic mass is 10.1. The predicted molar refractivity (Wildman–Crippen MR) is 74.4 cm³/mol. The summed E-state index contributed by atoms with van der Waals surface area (Å²) in [7, 11) is 1.72. The Labute approximate surface area is 114 Å². The Hall–Kier alpha value is -0.800. The zero-order valence-electron chi connectivity index (χ0n) is 11.4. The Morgan fingerprint density at radius 2 is 2.28 bits per heavy atom. The summed E-state index contributed by atoms with van der Waals surface area (Å²) in [5.74, 6) is 0.958. The number of likely N-dealkylation sites (tertiary alicyclic amines) is 1. The molecule has 1 fully saturated rings. The van der Waals surface area contributed by atoms with Gasteiger partial charge in [0.1, 0.15) is 5.75 Å². The van der Waals surface area contributed by atoms with Gasteiger partial charge in [-0.15, -0.1) is 11.6 Å². The molecule has 1 unspecified atom stereocenters. The highest BCUT2D eigenvalue weighted by atomic mass is 35.5.